The summed E-state index contributed by atoms with van der Waals surface area (Å²) < 4.78 is 0. The summed E-state index contributed by atoms with van der Waals surface area (Å²) in [4.78, 5) is 50.9. The molecule has 162 valence electrons. The minimum Gasteiger partial charge on any atom is -0.332 e. The maximum atomic E-state index is 13.2. The number of H-pyrrole nitrogens is 1. The molecule has 2 atom stereocenters. The van der Waals surface area contributed by atoms with E-state index >= 15 is 0 Å². The van der Waals surface area contributed by atoms with Crippen LogP contribution in [0.2, 0.25) is 0 Å². The fourth-order valence-corrected chi connectivity index (χ4v) is 5.60. The number of rotatable bonds is 3. The highest BCUT2D eigenvalue weighted by Gasteiger charge is 2.36. The Morgan fingerprint density at radius 2 is 2.10 bits per heavy atom. The van der Waals surface area contributed by atoms with Gasteiger partial charge in [0.15, 0.2) is 0 Å². The van der Waals surface area contributed by atoms with Crippen LogP contribution in [-0.2, 0) is 17.8 Å². The Bertz CT molecular complexity index is 1070. The van der Waals surface area contributed by atoms with Crippen LogP contribution < -0.4 is 5.56 Å². The molecule has 31 heavy (non-hydrogen) atoms. The van der Waals surface area contributed by atoms with Gasteiger partial charge in [0.05, 0.1) is 23.2 Å². The summed E-state index contributed by atoms with van der Waals surface area (Å²) >= 11 is 1.42. The van der Waals surface area contributed by atoms with Crippen molar-refractivity contribution in [1.82, 2.24) is 19.8 Å². The molecule has 0 bridgehead atoms. The van der Waals surface area contributed by atoms with Gasteiger partial charge in [0.25, 0.3) is 11.5 Å². The first-order valence-corrected chi connectivity index (χ1v) is 11.9. The van der Waals surface area contributed by atoms with E-state index in [0.29, 0.717) is 48.0 Å². The number of amides is 2. The second kappa shape index (κ2) is 8.42. The third kappa shape index (κ3) is 3.84. The Balaban J connectivity index is 1.39. The highest BCUT2D eigenvalue weighted by molar-refractivity contribution is 7.12. The summed E-state index contributed by atoms with van der Waals surface area (Å²) in [7, 11) is 0. The molecular formula is C23H26N4O3S. The van der Waals surface area contributed by atoms with Crippen LogP contribution in [-0.4, -0.2) is 44.7 Å². The van der Waals surface area contributed by atoms with E-state index < -0.39 is 0 Å². The zero-order chi connectivity index (χ0) is 21.4. The van der Waals surface area contributed by atoms with E-state index in [2.05, 4.69) is 17.1 Å². The SMILES string of the molecule is O=C(c1cccs1)N1CCc2c(nc([C@@H]3CCCN3C(=O)[C@H]3CC=CCC3)[nH]c2=O)C1. The van der Waals surface area contributed by atoms with Gasteiger partial charge in [-0.2, -0.15) is 0 Å². The number of fused-ring (bicyclic) bond motifs is 1. The predicted molar refractivity (Wildman–Crippen MR) is 118 cm³/mol. The molecular weight excluding hydrogens is 412 g/mol. The highest BCUT2D eigenvalue weighted by Crippen LogP contribution is 2.33. The lowest BCUT2D eigenvalue weighted by molar-refractivity contribution is -0.136. The first-order chi connectivity index (χ1) is 15.1. The molecule has 7 nitrogen and oxygen atoms in total. The van der Waals surface area contributed by atoms with Gasteiger partial charge in [-0.1, -0.05) is 18.2 Å². The summed E-state index contributed by atoms with van der Waals surface area (Å²) in [6.07, 6.45) is 9.04. The zero-order valence-corrected chi connectivity index (χ0v) is 18.2. The molecule has 4 heterocycles. The molecule has 2 amide bonds. The van der Waals surface area contributed by atoms with Crippen molar-refractivity contribution in [1.29, 1.82) is 0 Å². The number of allylic oxidation sites excluding steroid dienone is 2. The lowest BCUT2D eigenvalue weighted by Crippen LogP contribution is -2.41. The summed E-state index contributed by atoms with van der Waals surface area (Å²) in [6.45, 7) is 1.54. The van der Waals surface area contributed by atoms with Gasteiger partial charge >= 0.3 is 0 Å². The molecule has 2 aromatic heterocycles. The van der Waals surface area contributed by atoms with Crippen molar-refractivity contribution < 1.29 is 9.59 Å². The predicted octanol–water partition coefficient (Wildman–Crippen LogP) is 3.05. The summed E-state index contributed by atoms with van der Waals surface area (Å²) in [5, 5.41) is 1.89. The van der Waals surface area contributed by atoms with Crippen LogP contribution in [0.1, 0.15) is 64.9 Å². The number of aromatic nitrogens is 2. The number of carbonyl (C=O) groups excluding carboxylic acids is 2. The maximum Gasteiger partial charge on any atom is 0.264 e. The van der Waals surface area contributed by atoms with Crippen molar-refractivity contribution >= 4 is 23.2 Å². The first-order valence-electron chi connectivity index (χ1n) is 11.0. The summed E-state index contributed by atoms with van der Waals surface area (Å²) in [5.74, 6) is 0.731. The van der Waals surface area contributed by atoms with E-state index in [4.69, 9.17) is 4.98 Å². The monoisotopic (exact) mass is 438 g/mol. The molecule has 5 rings (SSSR count). The fraction of sp³-hybridized carbons (Fsp3) is 0.478. The number of carbonyl (C=O) groups is 2. The molecule has 1 fully saturated rings. The number of hydrogen-bond acceptors (Lipinski definition) is 5. The third-order valence-electron chi connectivity index (χ3n) is 6.58. The molecule has 2 aromatic rings. The number of likely N-dealkylation sites (tertiary alicyclic amines) is 1. The van der Waals surface area contributed by atoms with Crippen LogP contribution in [0.3, 0.4) is 0 Å². The minimum atomic E-state index is -0.195. The average Bonchev–Trinajstić information content (AvgIpc) is 3.50. The molecule has 0 spiro atoms. The van der Waals surface area contributed by atoms with E-state index in [1.165, 1.54) is 11.3 Å². The molecule has 3 aliphatic rings. The van der Waals surface area contributed by atoms with Crippen LogP contribution in [0, 0.1) is 5.92 Å². The van der Waals surface area contributed by atoms with Crippen LogP contribution in [0.25, 0.3) is 0 Å². The van der Waals surface area contributed by atoms with Gasteiger partial charge < -0.3 is 14.8 Å². The van der Waals surface area contributed by atoms with Crippen molar-refractivity contribution in [3.05, 3.63) is 62.0 Å². The Morgan fingerprint density at radius 1 is 1.19 bits per heavy atom. The van der Waals surface area contributed by atoms with Crippen molar-refractivity contribution in [3.8, 4) is 0 Å². The lowest BCUT2D eigenvalue weighted by atomic mass is 9.93. The number of nitrogens with zero attached hydrogens (tertiary/aromatic N) is 3. The van der Waals surface area contributed by atoms with Gasteiger partial charge in [0.1, 0.15) is 5.82 Å². The number of hydrogen-bond donors (Lipinski definition) is 1. The normalized spacial score (nSPS) is 23.1. The van der Waals surface area contributed by atoms with Crippen LogP contribution in [0.15, 0.2) is 34.5 Å². The first kappa shape index (κ1) is 20.2. The minimum absolute atomic E-state index is 0.0210. The molecule has 2 aliphatic heterocycles. The molecule has 0 saturated carbocycles. The maximum absolute atomic E-state index is 13.2. The van der Waals surface area contributed by atoms with E-state index in [1.54, 1.807) is 4.90 Å². The molecule has 0 unspecified atom stereocenters. The smallest absolute Gasteiger partial charge is 0.264 e. The van der Waals surface area contributed by atoms with Gasteiger partial charge in [-0.25, -0.2) is 4.98 Å². The molecule has 1 saturated heterocycles. The number of nitrogens with one attached hydrogen (secondary N) is 1. The molecule has 1 N–H and O–H groups in total. The Kier molecular flexibility index (Phi) is 5.48. The topological polar surface area (TPSA) is 86.4 Å². The van der Waals surface area contributed by atoms with Crippen molar-refractivity contribution in [2.24, 2.45) is 5.92 Å². The van der Waals surface area contributed by atoms with Gasteiger partial charge in [0, 0.05) is 24.6 Å². The van der Waals surface area contributed by atoms with Gasteiger partial charge in [-0.05, 0) is 50.0 Å². The largest absolute Gasteiger partial charge is 0.332 e. The van der Waals surface area contributed by atoms with Gasteiger partial charge in [-0.15, -0.1) is 11.3 Å². The standard InChI is InChI=1S/C23H26N4O3S/c28-21-16-10-12-26(23(30)19-9-5-13-31-19)14-17(16)24-20(25-21)18-8-4-11-27(18)22(29)15-6-2-1-3-7-15/h1-2,5,9,13,15,18H,3-4,6-8,10-12,14H2,(H,24,25,28)/t15-,18-/m0/s1. The quantitative estimate of drug-likeness (QED) is 0.747. The van der Waals surface area contributed by atoms with E-state index in [1.807, 2.05) is 22.4 Å². The highest BCUT2D eigenvalue weighted by atomic mass is 32.1. The number of aromatic amines is 1. The van der Waals surface area contributed by atoms with E-state index in [0.717, 1.165) is 32.1 Å². The van der Waals surface area contributed by atoms with Gasteiger partial charge in [-0.3, -0.25) is 14.4 Å². The zero-order valence-electron chi connectivity index (χ0n) is 17.4. The van der Waals surface area contributed by atoms with Crippen molar-refractivity contribution in [2.75, 3.05) is 13.1 Å². The molecule has 1 aliphatic carbocycles. The lowest BCUT2D eigenvalue weighted by Gasteiger charge is -2.31. The Labute approximate surface area is 184 Å². The van der Waals surface area contributed by atoms with Crippen molar-refractivity contribution in [3.63, 3.8) is 0 Å². The van der Waals surface area contributed by atoms with Crippen LogP contribution in [0.5, 0.6) is 0 Å². The van der Waals surface area contributed by atoms with Crippen molar-refractivity contribution in [2.45, 2.75) is 51.1 Å². The van der Waals surface area contributed by atoms with E-state index in [-0.39, 0.29) is 29.3 Å². The molecule has 0 aromatic carbocycles. The Morgan fingerprint density at radius 3 is 2.87 bits per heavy atom. The van der Waals surface area contributed by atoms with Crippen LogP contribution in [0.4, 0.5) is 0 Å². The second-order valence-corrected chi connectivity index (χ2v) is 9.45. The molecule has 0 radical (unpaired) electrons. The second-order valence-electron chi connectivity index (χ2n) is 8.50. The third-order valence-corrected chi connectivity index (χ3v) is 7.44. The summed E-state index contributed by atoms with van der Waals surface area (Å²) in [5.41, 5.74) is 1.19. The average molecular weight is 439 g/mol. The Hall–Kier alpha value is -2.74. The van der Waals surface area contributed by atoms with E-state index in [9.17, 15) is 14.4 Å². The summed E-state index contributed by atoms with van der Waals surface area (Å²) in [6, 6.07) is 3.49. The van der Waals surface area contributed by atoms with Gasteiger partial charge in [0.2, 0.25) is 5.91 Å². The fourth-order valence-electron chi connectivity index (χ4n) is 4.91. The molecule has 8 heteroatoms. The number of thiophene rings is 1. The van der Waals surface area contributed by atoms with Crippen LogP contribution >= 0.6 is 11.3 Å².